The lowest BCUT2D eigenvalue weighted by Crippen LogP contribution is -3.00. The van der Waals surface area contributed by atoms with Crippen molar-refractivity contribution in [1.82, 2.24) is 0 Å². The molecule has 0 saturated carbocycles. The second-order valence-corrected chi connectivity index (χ2v) is 5.63. The van der Waals surface area contributed by atoms with E-state index in [9.17, 15) is 9.59 Å². The minimum atomic E-state index is -0.372. The molecule has 25 heavy (non-hydrogen) atoms. The van der Waals surface area contributed by atoms with Crippen LogP contribution in [0.15, 0.2) is 48.8 Å². The van der Waals surface area contributed by atoms with Gasteiger partial charge in [0.05, 0.1) is 18.6 Å². The molecule has 0 aliphatic rings. The van der Waals surface area contributed by atoms with E-state index >= 15 is 0 Å². The van der Waals surface area contributed by atoms with Crippen LogP contribution in [0.5, 0.6) is 0 Å². The van der Waals surface area contributed by atoms with Crippen LogP contribution in [0.2, 0.25) is 0 Å². The zero-order chi connectivity index (χ0) is 17.4. The fourth-order valence-corrected chi connectivity index (χ4v) is 2.14. The second-order valence-electron chi connectivity index (χ2n) is 5.63. The zero-order valence-electron chi connectivity index (χ0n) is 14.5. The number of ether oxygens (including phenoxy) is 1. The highest BCUT2D eigenvalue weighted by Gasteiger charge is 2.10. The summed E-state index contributed by atoms with van der Waals surface area (Å²) >= 11 is 0. The third-order valence-corrected chi connectivity index (χ3v) is 3.47. The van der Waals surface area contributed by atoms with Crippen molar-refractivity contribution >= 4 is 17.6 Å². The fraction of sp³-hybridized carbons (Fsp3) is 0.316. The standard InChI is InChI=1S/C19H22N2O3.BrH/c1-3-13-24-19(23)16-5-4-6-17(14-16)20-18(22)9-12-21-10-7-15(2)8-11-21;/h4-8,10-11,14H,3,9,12-13H2,1-2H3;1H. The Bertz CT molecular complexity index is 702. The molecule has 2 rings (SSSR count). The van der Waals surface area contributed by atoms with E-state index in [1.54, 1.807) is 24.3 Å². The van der Waals surface area contributed by atoms with Gasteiger partial charge in [0, 0.05) is 17.8 Å². The summed E-state index contributed by atoms with van der Waals surface area (Å²) in [5, 5.41) is 2.81. The van der Waals surface area contributed by atoms with Crippen molar-refractivity contribution in [1.29, 1.82) is 0 Å². The summed E-state index contributed by atoms with van der Waals surface area (Å²) in [6.45, 7) is 4.96. The highest BCUT2D eigenvalue weighted by atomic mass is 79.9. The molecule has 0 fully saturated rings. The van der Waals surface area contributed by atoms with E-state index in [-0.39, 0.29) is 28.9 Å². The second kappa shape index (κ2) is 10.6. The number of rotatable bonds is 7. The SMILES string of the molecule is CCCOC(=O)c1cccc(NC(=O)CC[n+]2ccc(C)cc2)c1.[Br-]. The minimum absolute atomic E-state index is 0. The van der Waals surface area contributed by atoms with Crippen LogP contribution in [0.4, 0.5) is 5.69 Å². The van der Waals surface area contributed by atoms with Crippen LogP contribution in [0.25, 0.3) is 0 Å². The van der Waals surface area contributed by atoms with E-state index in [1.807, 2.05) is 42.9 Å². The fourth-order valence-electron chi connectivity index (χ4n) is 2.14. The lowest BCUT2D eigenvalue weighted by molar-refractivity contribution is -0.695. The van der Waals surface area contributed by atoms with Gasteiger partial charge in [-0.1, -0.05) is 13.0 Å². The molecule has 0 aliphatic carbocycles. The number of benzene rings is 1. The Morgan fingerprint density at radius 2 is 1.88 bits per heavy atom. The number of amides is 1. The van der Waals surface area contributed by atoms with E-state index in [0.29, 0.717) is 30.8 Å². The summed E-state index contributed by atoms with van der Waals surface area (Å²) in [7, 11) is 0. The molecule has 0 radical (unpaired) electrons. The Labute approximate surface area is 158 Å². The minimum Gasteiger partial charge on any atom is -1.00 e. The third-order valence-electron chi connectivity index (χ3n) is 3.47. The number of pyridine rings is 1. The Kier molecular flexibility index (Phi) is 8.84. The van der Waals surface area contributed by atoms with Gasteiger partial charge < -0.3 is 27.0 Å². The van der Waals surface area contributed by atoms with E-state index in [0.717, 1.165) is 6.42 Å². The molecule has 0 atom stereocenters. The van der Waals surface area contributed by atoms with Crippen molar-refractivity contribution in [3.63, 3.8) is 0 Å². The zero-order valence-corrected chi connectivity index (χ0v) is 16.1. The van der Waals surface area contributed by atoms with Crippen LogP contribution >= 0.6 is 0 Å². The molecule has 0 spiro atoms. The first-order valence-electron chi connectivity index (χ1n) is 8.11. The molecule has 1 aromatic carbocycles. The molecule has 134 valence electrons. The van der Waals surface area contributed by atoms with Crippen LogP contribution in [0, 0.1) is 6.92 Å². The van der Waals surface area contributed by atoms with Gasteiger partial charge in [-0.25, -0.2) is 9.36 Å². The van der Waals surface area contributed by atoms with Crippen molar-refractivity contribution in [2.75, 3.05) is 11.9 Å². The maximum absolute atomic E-state index is 12.1. The molecule has 2 aromatic rings. The van der Waals surface area contributed by atoms with Crippen molar-refractivity contribution in [2.45, 2.75) is 33.2 Å². The van der Waals surface area contributed by atoms with Gasteiger partial charge in [-0.2, -0.15) is 0 Å². The predicted molar refractivity (Wildman–Crippen MR) is 91.6 cm³/mol. The predicted octanol–water partition coefficient (Wildman–Crippen LogP) is -0.118. The smallest absolute Gasteiger partial charge is 0.338 e. The van der Waals surface area contributed by atoms with E-state index < -0.39 is 0 Å². The van der Waals surface area contributed by atoms with Crippen molar-refractivity contribution in [2.24, 2.45) is 0 Å². The van der Waals surface area contributed by atoms with Gasteiger partial charge in [-0.3, -0.25) is 4.79 Å². The number of carbonyl (C=O) groups excluding carboxylic acids is 2. The number of nitrogens with one attached hydrogen (secondary N) is 1. The molecular weight excluding hydrogens is 384 g/mol. The number of esters is 1. The Hall–Kier alpha value is -2.21. The van der Waals surface area contributed by atoms with Gasteiger partial charge in [0.25, 0.3) is 0 Å². The Balaban J connectivity index is 0.00000312. The number of nitrogens with zero attached hydrogens (tertiary/aromatic N) is 1. The number of aryl methyl sites for hydroxylation is 2. The average Bonchev–Trinajstić information content (AvgIpc) is 2.59. The summed E-state index contributed by atoms with van der Waals surface area (Å²) in [6.07, 6.45) is 5.04. The summed E-state index contributed by atoms with van der Waals surface area (Å²) in [5.74, 6) is -0.467. The first kappa shape index (κ1) is 20.8. The molecule has 1 amide bonds. The molecule has 0 aliphatic heterocycles. The van der Waals surface area contributed by atoms with E-state index in [1.165, 1.54) is 5.56 Å². The molecule has 0 bridgehead atoms. The first-order chi connectivity index (χ1) is 11.6. The Morgan fingerprint density at radius 3 is 2.56 bits per heavy atom. The van der Waals surface area contributed by atoms with Gasteiger partial charge in [-0.05, 0) is 37.1 Å². The van der Waals surface area contributed by atoms with Gasteiger partial charge >= 0.3 is 5.97 Å². The molecule has 1 heterocycles. The van der Waals surface area contributed by atoms with Gasteiger partial charge in [0.1, 0.15) is 0 Å². The summed E-state index contributed by atoms with van der Waals surface area (Å²) in [6, 6.07) is 10.8. The monoisotopic (exact) mass is 406 g/mol. The van der Waals surface area contributed by atoms with Crippen molar-refractivity contribution < 1.29 is 35.9 Å². The quantitative estimate of drug-likeness (QED) is 0.515. The molecule has 5 nitrogen and oxygen atoms in total. The van der Waals surface area contributed by atoms with E-state index in [4.69, 9.17) is 4.74 Å². The van der Waals surface area contributed by atoms with Crippen molar-refractivity contribution in [3.05, 3.63) is 59.9 Å². The van der Waals surface area contributed by atoms with Crippen LogP contribution < -0.4 is 26.9 Å². The lowest BCUT2D eigenvalue weighted by Gasteiger charge is -2.07. The summed E-state index contributed by atoms with van der Waals surface area (Å²) in [5.41, 5.74) is 2.22. The molecule has 0 unspecified atom stereocenters. The largest absolute Gasteiger partial charge is 1.00 e. The number of aromatic nitrogens is 1. The third kappa shape index (κ3) is 7.05. The van der Waals surface area contributed by atoms with Gasteiger partial charge in [-0.15, -0.1) is 0 Å². The number of carbonyl (C=O) groups is 2. The highest BCUT2D eigenvalue weighted by molar-refractivity contribution is 5.94. The number of halogens is 1. The molecule has 6 heteroatoms. The van der Waals surface area contributed by atoms with Crippen molar-refractivity contribution in [3.8, 4) is 0 Å². The first-order valence-corrected chi connectivity index (χ1v) is 8.11. The molecule has 1 aromatic heterocycles. The maximum atomic E-state index is 12.1. The van der Waals surface area contributed by atoms with Gasteiger partial charge in [0.15, 0.2) is 18.9 Å². The van der Waals surface area contributed by atoms with Crippen LogP contribution in [-0.2, 0) is 16.1 Å². The number of hydrogen-bond acceptors (Lipinski definition) is 3. The number of anilines is 1. The highest BCUT2D eigenvalue weighted by Crippen LogP contribution is 2.12. The van der Waals surface area contributed by atoms with Crippen LogP contribution in [0.1, 0.15) is 35.7 Å². The van der Waals surface area contributed by atoms with Gasteiger partial charge in [0.2, 0.25) is 5.91 Å². The molecular formula is C19H23BrN2O3. The van der Waals surface area contributed by atoms with Crippen LogP contribution in [-0.4, -0.2) is 18.5 Å². The molecule has 1 N–H and O–H groups in total. The maximum Gasteiger partial charge on any atom is 0.338 e. The normalized spacial score (nSPS) is 9.84. The van der Waals surface area contributed by atoms with E-state index in [2.05, 4.69) is 5.32 Å². The lowest BCUT2D eigenvalue weighted by atomic mass is 10.2. The number of hydrogen-bond donors (Lipinski definition) is 1. The molecule has 0 saturated heterocycles. The van der Waals surface area contributed by atoms with Crippen LogP contribution in [0.3, 0.4) is 0 Å². The summed E-state index contributed by atoms with van der Waals surface area (Å²) in [4.78, 5) is 23.9. The average molecular weight is 407 g/mol. The topological polar surface area (TPSA) is 59.3 Å². The Morgan fingerprint density at radius 1 is 1.16 bits per heavy atom. The summed E-state index contributed by atoms with van der Waals surface area (Å²) < 4.78 is 7.06.